The number of nitrogens with zero attached hydrogens (tertiary/aromatic N) is 3. The van der Waals surface area contributed by atoms with Gasteiger partial charge in [-0.05, 0) is 60.9 Å². The molecule has 168 valence electrons. The molecule has 0 bridgehead atoms. The Bertz CT molecular complexity index is 1090. The minimum Gasteiger partial charge on any atom is -0.339 e. The summed E-state index contributed by atoms with van der Waals surface area (Å²) in [5.74, 6) is 1.41. The Morgan fingerprint density at radius 1 is 1.25 bits per heavy atom. The molecule has 0 atom stereocenters. The summed E-state index contributed by atoms with van der Waals surface area (Å²) in [7, 11) is 0. The smallest absolute Gasteiger partial charge is 0.256 e. The molecule has 0 spiro atoms. The van der Waals surface area contributed by atoms with Crippen molar-refractivity contribution in [1.29, 1.82) is 0 Å². The summed E-state index contributed by atoms with van der Waals surface area (Å²) < 4.78 is 14.2. The van der Waals surface area contributed by atoms with Crippen molar-refractivity contribution in [3.8, 4) is 0 Å². The number of benzene rings is 1. The number of anilines is 2. The number of carbonyl (C=O) groups excluding carboxylic acids is 1. The molecule has 3 aromatic rings. The Labute approximate surface area is 192 Å². The van der Waals surface area contributed by atoms with Gasteiger partial charge in [-0.2, -0.15) is 5.10 Å². The lowest BCUT2D eigenvalue weighted by Crippen LogP contribution is -2.39. The van der Waals surface area contributed by atoms with Crippen molar-refractivity contribution in [3.05, 3.63) is 70.3 Å². The number of carbonyl (C=O) groups is 1. The van der Waals surface area contributed by atoms with Gasteiger partial charge in [0.15, 0.2) is 11.6 Å². The molecule has 1 aliphatic rings. The Morgan fingerprint density at radius 3 is 2.75 bits per heavy atom. The van der Waals surface area contributed by atoms with Crippen LogP contribution < -0.4 is 5.32 Å². The van der Waals surface area contributed by atoms with Crippen LogP contribution >= 0.6 is 11.6 Å². The number of aromatic nitrogens is 3. The molecule has 4 rings (SSSR count). The van der Waals surface area contributed by atoms with Crippen LogP contribution in [0.25, 0.3) is 0 Å². The van der Waals surface area contributed by atoms with Crippen LogP contribution in [0.3, 0.4) is 0 Å². The maximum atomic E-state index is 14.2. The second-order valence-corrected chi connectivity index (χ2v) is 8.99. The van der Waals surface area contributed by atoms with E-state index in [1.54, 1.807) is 17.2 Å². The molecule has 2 N–H and O–H groups in total. The quantitative estimate of drug-likeness (QED) is 0.510. The van der Waals surface area contributed by atoms with E-state index in [0.29, 0.717) is 24.9 Å². The molecule has 2 aromatic heterocycles. The van der Waals surface area contributed by atoms with Crippen molar-refractivity contribution in [3.63, 3.8) is 0 Å². The fourth-order valence-electron chi connectivity index (χ4n) is 4.01. The first kappa shape index (κ1) is 22.3. The Morgan fingerprint density at radius 2 is 2.03 bits per heavy atom. The van der Waals surface area contributed by atoms with Crippen LogP contribution in [-0.4, -0.2) is 39.1 Å². The van der Waals surface area contributed by atoms with Gasteiger partial charge >= 0.3 is 0 Å². The van der Waals surface area contributed by atoms with Gasteiger partial charge in [0.25, 0.3) is 5.91 Å². The molecule has 3 heterocycles. The van der Waals surface area contributed by atoms with E-state index in [1.165, 1.54) is 17.7 Å². The van der Waals surface area contributed by atoms with E-state index in [9.17, 15) is 9.18 Å². The lowest BCUT2D eigenvalue weighted by molar-refractivity contribution is 0.0686. The third kappa shape index (κ3) is 5.10. The topological polar surface area (TPSA) is 73.9 Å². The number of halogens is 2. The van der Waals surface area contributed by atoms with Gasteiger partial charge < -0.3 is 10.2 Å². The fourth-order valence-corrected chi connectivity index (χ4v) is 4.18. The van der Waals surface area contributed by atoms with Gasteiger partial charge in [0.2, 0.25) is 0 Å². The number of H-pyrrole nitrogens is 1. The second kappa shape index (κ2) is 9.69. The van der Waals surface area contributed by atoms with Crippen LogP contribution in [0.4, 0.5) is 16.0 Å². The first-order valence-electron chi connectivity index (χ1n) is 10.9. The molecule has 32 heavy (non-hydrogen) atoms. The van der Waals surface area contributed by atoms with E-state index in [2.05, 4.69) is 34.3 Å². The molecule has 1 amide bonds. The lowest BCUT2D eigenvalue weighted by atomic mass is 9.90. The number of rotatable bonds is 6. The van der Waals surface area contributed by atoms with E-state index >= 15 is 0 Å². The summed E-state index contributed by atoms with van der Waals surface area (Å²) in [5, 5.41) is 10.6. The van der Waals surface area contributed by atoms with Gasteiger partial charge in [0.05, 0.1) is 10.6 Å². The molecule has 0 unspecified atom stereocenters. The number of likely N-dealkylation sites (tertiary alicyclic amines) is 1. The van der Waals surface area contributed by atoms with Crippen molar-refractivity contribution < 1.29 is 9.18 Å². The molecule has 0 saturated carbocycles. The van der Waals surface area contributed by atoms with Crippen LogP contribution in [-0.2, 0) is 6.42 Å². The zero-order valence-electron chi connectivity index (χ0n) is 18.2. The van der Waals surface area contributed by atoms with Gasteiger partial charge in [-0.25, -0.2) is 9.37 Å². The molecular formula is C24H27ClFN5O. The van der Waals surface area contributed by atoms with Crippen molar-refractivity contribution in [1.82, 2.24) is 20.1 Å². The van der Waals surface area contributed by atoms with Crippen molar-refractivity contribution >= 4 is 29.1 Å². The Hall–Kier alpha value is -2.93. The van der Waals surface area contributed by atoms with E-state index in [1.807, 2.05) is 18.2 Å². The number of pyridine rings is 1. The monoisotopic (exact) mass is 455 g/mol. The lowest BCUT2D eigenvalue weighted by Gasteiger charge is -2.32. The maximum absolute atomic E-state index is 14.2. The summed E-state index contributed by atoms with van der Waals surface area (Å²) in [6, 6.07) is 10.6. The molecule has 1 fully saturated rings. The summed E-state index contributed by atoms with van der Waals surface area (Å²) in [6.07, 6.45) is 4.45. The highest BCUT2D eigenvalue weighted by molar-refractivity contribution is 6.31. The fraction of sp³-hybridized carbons (Fsp3) is 0.375. The van der Waals surface area contributed by atoms with Crippen LogP contribution in [0.5, 0.6) is 0 Å². The van der Waals surface area contributed by atoms with Gasteiger partial charge in [0, 0.05) is 31.0 Å². The van der Waals surface area contributed by atoms with Crippen molar-refractivity contribution in [2.45, 2.75) is 39.0 Å². The first-order valence-corrected chi connectivity index (χ1v) is 11.3. The molecule has 8 heteroatoms. The third-order valence-electron chi connectivity index (χ3n) is 5.91. The van der Waals surface area contributed by atoms with Gasteiger partial charge in [-0.3, -0.25) is 9.89 Å². The highest BCUT2D eigenvalue weighted by atomic mass is 35.5. The minimum absolute atomic E-state index is 0.0249. The van der Waals surface area contributed by atoms with Gasteiger partial charge in [-0.1, -0.05) is 31.5 Å². The molecule has 1 aliphatic heterocycles. The zero-order valence-corrected chi connectivity index (χ0v) is 19.0. The molecular weight excluding hydrogens is 429 g/mol. The number of hydrogen-bond donors (Lipinski definition) is 2. The molecule has 0 radical (unpaired) electrons. The molecule has 1 saturated heterocycles. The van der Waals surface area contributed by atoms with Crippen LogP contribution in [0.15, 0.2) is 42.6 Å². The van der Waals surface area contributed by atoms with Gasteiger partial charge in [-0.15, -0.1) is 0 Å². The summed E-state index contributed by atoms with van der Waals surface area (Å²) in [6.45, 7) is 5.44. The first-order chi connectivity index (χ1) is 15.4. The third-order valence-corrected chi connectivity index (χ3v) is 6.20. The van der Waals surface area contributed by atoms with E-state index in [-0.39, 0.29) is 16.5 Å². The standard InChI is InChI=1S/C24H27ClFN5O/c1-15(2)20-14-22(30-29-20)28-21-13-17(6-9-27-21)12-16-7-10-31(11-8-16)24(32)18-4-3-5-19(25)23(18)26/h3-6,9,13-16H,7-8,10-12H2,1-2H3,(H2,27,28,29,30). The second-order valence-electron chi connectivity index (χ2n) is 8.58. The highest BCUT2D eigenvalue weighted by Gasteiger charge is 2.26. The van der Waals surface area contributed by atoms with Crippen LogP contribution in [0, 0.1) is 11.7 Å². The molecule has 1 aromatic carbocycles. The highest BCUT2D eigenvalue weighted by Crippen LogP contribution is 2.26. The summed E-state index contributed by atoms with van der Waals surface area (Å²) >= 11 is 5.83. The van der Waals surface area contributed by atoms with Crippen LogP contribution in [0.1, 0.15) is 54.2 Å². The minimum atomic E-state index is -0.643. The van der Waals surface area contributed by atoms with Crippen molar-refractivity contribution in [2.24, 2.45) is 5.92 Å². The normalized spacial score (nSPS) is 14.7. The van der Waals surface area contributed by atoms with Crippen molar-refractivity contribution in [2.75, 3.05) is 18.4 Å². The molecule has 6 nitrogen and oxygen atoms in total. The predicted octanol–water partition coefficient (Wildman–Crippen LogP) is 5.56. The predicted molar refractivity (Wildman–Crippen MR) is 124 cm³/mol. The largest absolute Gasteiger partial charge is 0.339 e. The van der Waals surface area contributed by atoms with E-state index in [0.717, 1.165) is 36.6 Å². The number of amides is 1. The Balaban J connectivity index is 1.33. The number of piperidine rings is 1. The number of nitrogens with one attached hydrogen (secondary N) is 2. The average molecular weight is 456 g/mol. The summed E-state index contributed by atoms with van der Waals surface area (Å²) in [5.41, 5.74) is 2.30. The zero-order chi connectivity index (χ0) is 22.7. The number of aromatic amines is 1. The SMILES string of the molecule is CC(C)c1cc(Nc2cc(CC3CCN(C(=O)c4cccc(Cl)c4F)CC3)ccn2)n[nH]1. The van der Waals surface area contributed by atoms with E-state index in [4.69, 9.17) is 11.6 Å². The maximum Gasteiger partial charge on any atom is 0.256 e. The summed E-state index contributed by atoms with van der Waals surface area (Å²) in [4.78, 5) is 18.8. The van der Waals surface area contributed by atoms with E-state index < -0.39 is 5.82 Å². The average Bonchev–Trinajstić information content (AvgIpc) is 3.25. The van der Waals surface area contributed by atoms with Gasteiger partial charge in [0.1, 0.15) is 5.82 Å². The Kier molecular flexibility index (Phi) is 6.74. The molecule has 0 aliphatic carbocycles. The van der Waals surface area contributed by atoms with Crippen LogP contribution in [0.2, 0.25) is 5.02 Å². The number of hydrogen-bond acceptors (Lipinski definition) is 4.